The molecular weight excluding hydrogens is 516 g/mol. The van der Waals surface area contributed by atoms with Gasteiger partial charge in [-0.25, -0.2) is 8.42 Å². The van der Waals surface area contributed by atoms with Crippen molar-refractivity contribution >= 4 is 33.2 Å². The normalized spacial score (nSPS) is 11.7. The molecule has 0 aliphatic rings. The summed E-state index contributed by atoms with van der Waals surface area (Å²) >= 11 is 0. The number of carbonyl (C=O) groups is 2. The molecule has 200 valence electrons. The minimum absolute atomic E-state index is 0.246. The van der Waals surface area contributed by atoms with Crippen LogP contribution in [0.1, 0.15) is 22.8 Å². The zero-order valence-electron chi connectivity index (χ0n) is 21.4. The third-order valence-electron chi connectivity index (χ3n) is 5.76. The van der Waals surface area contributed by atoms with E-state index in [1.165, 1.54) is 6.92 Å². The summed E-state index contributed by atoms with van der Waals surface area (Å²) in [5.41, 5.74) is 1.63. The van der Waals surface area contributed by atoms with Crippen molar-refractivity contribution in [3.8, 4) is 11.5 Å². The van der Waals surface area contributed by atoms with Crippen molar-refractivity contribution in [2.75, 3.05) is 15.9 Å². The van der Waals surface area contributed by atoms with E-state index in [1.807, 2.05) is 24.3 Å². The molecule has 4 aromatic rings. The van der Waals surface area contributed by atoms with Crippen molar-refractivity contribution in [3.05, 3.63) is 115 Å². The molecule has 0 bridgehead atoms. The summed E-state index contributed by atoms with van der Waals surface area (Å²) in [6, 6.07) is 24.6. The number of sulfonamides is 1. The Bertz CT molecular complexity index is 1530. The SMILES string of the molecule is C[C@H](C(=O)Nc1ccccc1C(=O)NCc1cccnc1)N(c1ccc(Oc2ccccc2)cc1)S(C)(=O)=O. The average Bonchev–Trinajstić information content (AvgIpc) is 2.93. The molecule has 4 rings (SSSR count). The fourth-order valence-electron chi connectivity index (χ4n) is 3.90. The number of ether oxygens (including phenoxy) is 1. The van der Waals surface area contributed by atoms with E-state index in [9.17, 15) is 18.0 Å². The highest BCUT2D eigenvalue weighted by Crippen LogP contribution is 2.27. The summed E-state index contributed by atoms with van der Waals surface area (Å²) in [5, 5.41) is 5.52. The van der Waals surface area contributed by atoms with Gasteiger partial charge in [0.15, 0.2) is 0 Å². The minimum Gasteiger partial charge on any atom is -0.457 e. The summed E-state index contributed by atoms with van der Waals surface area (Å²) in [6.45, 7) is 1.74. The highest BCUT2D eigenvalue weighted by Gasteiger charge is 2.30. The molecule has 1 heterocycles. The van der Waals surface area contributed by atoms with Crippen molar-refractivity contribution in [1.82, 2.24) is 10.3 Å². The Morgan fingerprint density at radius 3 is 2.23 bits per heavy atom. The van der Waals surface area contributed by atoms with Crippen molar-refractivity contribution in [2.45, 2.75) is 19.5 Å². The van der Waals surface area contributed by atoms with Gasteiger partial charge in [0, 0.05) is 18.9 Å². The summed E-state index contributed by atoms with van der Waals surface area (Å²) in [5.74, 6) is 0.164. The number of nitrogens with zero attached hydrogens (tertiary/aromatic N) is 2. The lowest BCUT2D eigenvalue weighted by atomic mass is 10.1. The Morgan fingerprint density at radius 2 is 1.56 bits per heavy atom. The number of anilines is 2. The number of rotatable bonds is 10. The van der Waals surface area contributed by atoms with Crippen LogP contribution in [0.3, 0.4) is 0 Å². The van der Waals surface area contributed by atoms with Gasteiger partial charge in [0.25, 0.3) is 5.91 Å². The second-order valence-electron chi connectivity index (χ2n) is 8.72. The highest BCUT2D eigenvalue weighted by atomic mass is 32.2. The molecule has 1 aromatic heterocycles. The summed E-state index contributed by atoms with van der Waals surface area (Å²) in [7, 11) is -3.85. The largest absolute Gasteiger partial charge is 0.457 e. The Balaban J connectivity index is 1.49. The first-order valence-electron chi connectivity index (χ1n) is 12.1. The average molecular weight is 545 g/mol. The van der Waals surface area contributed by atoms with Crippen LogP contribution in [0.2, 0.25) is 0 Å². The number of carbonyl (C=O) groups excluding carboxylic acids is 2. The molecule has 0 radical (unpaired) electrons. The first-order chi connectivity index (χ1) is 18.7. The predicted octanol–water partition coefficient (Wildman–Crippen LogP) is 4.60. The van der Waals surface area contributed by atoms with Crippen molar-refractivity contribution in [2.24, 2.45) is 0 Å². The molecule has 2 amide bonds. The van der Waals surface area contributed by atoms with E-state index in [0.717, 1.165) is 16.1 Å². The lowest BCUT2D eigenvalue weighted by molar-refractivity contribution is -0.116. The van der Waals surface area contributed by atoms with Crippen LogP contribution < -0.4 is 19.7 Å². The third kappa shape index (κ3) is 7.20. The summed E-state index contributed by atoms with van der Waals surface area (Å²) < 4.78 is 32.3. The van der Waals surface area contributed by atoms with Crippen LogP contribution >= 0.6 is 0 Å². The number of hydrogen-bond donors (Lipinski definition) is 2. The standard InChI is InChI=1S/C29H28N4O5S/c1-21(33(39(2,36)37)23-14-16-25(17-15-23)38-24-10-4-3-5-11-24)28(34)32-27-13-7-6-12-26(27)29(35)31-20-22-9-8-18-30-19-22/h3-19,21H,20H2,1-2H3,(H,31,35)(H,32,34)/t21-/m1/s1. The Morgan fingerprint density at radius 1 is 0.897 bits per heavy atom. The van der Waals surface area contributed by atoms with E-state index in [2.05, 4.69) is 15.6 Å². The molecule has 1 atom stereocenters. The minimum atomic E-state index is -3.85. The van der Waals surface area contributed by atoms with E-state index in [4.69, 9.17) is 4.74 Å². The van der Waals surface area contributed by atoms with Crippen LogP contribution in [0, 0.1) is 0 Å². The number of aromatic nitrogens is 1. The topological polar surface area (TPSA) is 118 Å². The number of pyridine rings is 1. The number of para-hydroxylation sites is 2. The lowest BCUT2D eigenvalue weighted by Crippen LogP contribution is -2.45. The van der Waals surface area contributed by atoms with Gasteiger partial charge in [-0.05, 0) is 67.1 Å². The maximum absolute atomic E-state index is 13.3. The molecule has 0 fully saturated rings. The van der Waals surface area contributed by atoms with E-state index in [-0.39, 0.29) is 17.8 Å². The molecule has 9 nitrogen and oxygen atoms in total. The number of nitrogens with one attached hydrogen (secondary N) is 2. The van der Waals surface area contributed by atoms with Gasteiger partial charge in [-0.3, -0.25) is 18.9 Å². The van der Waals surface area contributed by atoms with Gasteiger partial charge in [-0.1, -0.05) is 36.4 Å². The second kappa shape index (κ2) is 12.2. The molecule has 10 heteroatoms. The Hall–Kier alpha value is -4.70. The first-order valence-corrected chi connectivity index (χ1v) is 14.0. The van der Waals surface area contributed by atoms with Crippen LogP contribution in [-0.2, 0) is 21.4 Å². The van der Waals surface area contributed by atoms with Gasteiger partial charge in [0.2, 0.25) is 15.9 Å². The molecule has 0 spiro atoms. The van der Waals surface area contributed by atoms with Gasteiger partial charge in [0.1, 0.15) is 17.5 Å². The molecule has 3 aromatic carbocycles. The van der Waals surface area contributed by atoms with E-state index in [0.29, 0.717) is 17.2 Å². The van der Waals surface area contributed by atoms with Crippen molar-refractivity contribution in [1.29, 1.82) is 0 Å². The van der Waals surface area contributed by atoms with Crippen LogP contribution in [-0.4, -0.2) is 37.5 Å². The fourth-order valence-corrected chi connectivity index (χ4v) is 5.08. The molecule has 0 saturated heterocycles. The molecule has 0 aliphatic carbocycles. The Labute approximate surface area is 227 Å². The van der Waals surface area contributed by atoms with Crippen molar-refractivity contribution < 1.29 is 22.7 Å². The molecular formula is C29H28N4O5S. The van der Waals surface area contributed by atoms with E-state index >= 15 is 0 Å². The number of benzene rings is 3. The zero-order chi connectivity index (χ0) is 27.8. The van der Waals surface area contributed by atoms with Gasteiger partial charge in [-0.2, -0.15) is 0 Å². The van der Waals surface area contributed by atoms with Crippen LogP contribution in [0.25, 0.3) is 0 Å². The monoisotopic (exact) mass is 544 g/mol. The van der Waals surface area contributed by atoms with Crippen LogP contribution in [0.4, 0.5) is 11.4 Å². The van der Waals surface area contributed by atoms with Gasteiger partial charge < -0.3 is 15.4 Å². The second-order valence-corrected chi connectivity index (χ2v) is 10.6. The zero-order valence-corrected chi connectivity index (χ0v) is 22.3. The van der Waals surface area contributed by atoms with Gasteiger partial charge in [-0.15, -0.1) is 0 Å². The van der Waals surface area contributed by atoms with E-state index in [1.54, 1.807) is 79.1 Å². The van der Waals surface area contributed by atoms with Crippen LogP contribution in [0.15, 0.2) is 103 Å². The molecule has 0 aliphatic heterocycles. The van der Waals surface area contributed by atoms with Crippen LogP contribution in [0.5, 0.6) is 11.5 Å². The molecule has 0 unspecified atom stereocenters. The maximum Gasteiger partial charge on any atom is 0.253 e. The Kier molecular flexibility index (Phi) is 8.57. The number of hydrogen-bond acceptors (Lipinski definition) is 6. The molecule has 2 N–H and O–H groups in total. The smallest absolute Gasteiger partial charge is 0.253 e. The molecule has 0 saturated carbocycles. The highest BCUT2D eigenvalue weighted by molar-refractivity contribution is 7.92. The third-order valence-corrected chi connectivity index (χ3v) is 7.01. The van der Waals surface area contributed by atoms with Crippen molar-refractivity contribution in [3.63, 3.8) is 0 Å². The van der Waals surface area contributed by atoms with Gasteiger partial charge >= 0.3 is 0 Å². The first kappa shape index (κ1) is 27.3. The molecule has 39 heavy (non-hydrogen) atoms. The predicted molar refractivity (Wildman–Crippen MR) is 150 cm³/mol. The summed E-state index contributed by atoms with van der Waals surface area (Å²) in [6.07, 6.45) is 4.32. The fraction of sp³-hybridized carbons (Fsp3) is 0.138. The van der Waals surface area contributed by atoms with Gasteiger partial charge in [0.05, 0.1) is 23.2 Å². The summed E-state index contributed by atoms with van der Waals surface area (Å²) in [4.78, 5) is 30.1. The quantitative estimate of drug-likeness (QED) is 0.301. The maximum atomic E-state index is 13.3. The number of amides is 2. The van der Waals surface area contributed by atoms with E-state index < -0.39 is 27.9 Å². The lowest BCUT2D eigenvalue weighted by Gasteiger charge is -2.28.